The third-order valence-corrected chi connectivity index (χ3v) is 10.5. The lowest BCUT2D eigenvalue weighted by Crippen LogP contribution is -2.72. The van der Waals surface area contributed by atoms with Gasteiger partial charge in [0.25, 0.3) is 0 Å². The Morgan fingerprint density at radius 1 is 1.08 bits per heavy atom. The molecular formula is C28H34O8. The molecule has 6 rings (SSSR count). The first-order valence-corrected chi connectivity index (χ1v) is 12.8. The van der Waals surface area contributed by atoms with Gasteiger partial charge in [0.05, 0.1) is 12.5 Å². The van der Waals surface area contributed by atoms with E-state index < -0.39 is 51.7 Å². The van der Waals surface area contributed by atoms with Crippen LogP contribution in [0.15, 0.2) is 35.2 Å². The molecule has 2 saturated carbocycles. The van der Waals surface area contributed by atoms with Gasteiger partial charge in [0.2, 0.25) is 0 Å². The van der Waals surface area contributed by atoms with Gasteiger partial charge in [-0.3, -0.25) is 4.79 Å². The number of cyclic esters (lactones) is 2. The minimum absolute atomic E-state index is 0.0490. The Hall–Kier alpha value is -2.61. The van der Waals surface area contributed by atoms with Crippen LogP contribution in [-0.4, -0.2) is 41.3 Å². The largest absolute Gasteiger partial charge is 0.472 e. The van der Waals surface area contributed by atoms with E-state index in [0.29, 0.717) is 6.42 Å². The summed E-state index contributed by atoms with van der Waals surface area (Å²) in [5, 5.41) is 0. The molecule has 8 nitrogen and oxygen atoms in total. The summed E-state index contributed by atoms with van der Waals surface area (Å²) in [4.78, 5) is 38.3. The summed E-state index contributed by atoms with van der Waals surface area (Å²) in [6.07, 6.45) is 6.89. The summed E-state index contributed by atoms with van der Waals surface area (Å²) in [5.41, 5.74) is -2.64. The molecule has 1 aromatic heterocycles. The van der Waals surface area contributed by atoms with Crippen molar-refractivity contribution >= 4 is 17.9 Å². The first-order chi connectivity index (χ1) is 16.8. The van der Waals surface area contributed by atoms with E-state index in [-0.39, 0.29) is 23.8 Å². The predicted octanol–water partition coefficient (Wildman–Crippen LogP) is 4.29. The Balaban J connectivity index is 1.55. The van der Waals surface area contributed by atoms with E-state index in [2.05, 4.69) is 20.8 Å². The fourth-order valence-corrected chi connectivity index (χ4v) is 9.13. The summed E-state index contributed by atoms with van der Waals surface area (Å²) in [6, 6.07) is 1.83. The van der Waals surface area contributed by atoms with Crippen LogP contribution >= 0.6 is 0 Å². The number of carbonyl (C=O) groups excluding carboxylic acids is 3. The van der Waals surface area contributed by atoms with E-state index in [4.69, 9.17) is 23.4 Å². The average molecular weight is 499 g/mol. The molecule has 0 N–H and O–H groups in total. The summed E-state index contributed by atoms with van der Waals surface area (Å²) in [6.45, 7) is 11.7. The number of epoxide rings is 1. The summed E-state index contributed by atoms with van der Waals surface area (Å²) in [7, 11) is 0. The van der Waals surface area contributed by atoms with Crippen molar-refractivity contribution in [3.63, 3.8) is 0 Å². The second-order valence-electron chi connectivity index (χ2n) is 12.5. The zero-order valence-corrected chi connectivity index (χ0v) is 21.7. The van der Waals surface area contributed by atoms with Crippen LogP contribution in [0.3, 0.4) is 0 Å². The van der Waals surface area contributed by atoms with Crippen molar-refractivity contribution in [3.05, 3.63) is 36.3 Å². The highest BCUT2D eigenvalue weighted by molar-refractivity contribution is 5.83. The molecule has 1 aromatic rings. The monoisotopic (exact) mass is 498 g/mol. The minimum Gasteiger partial charge on any atom is -0.472 e. The van der Waals surface area contributed by atoms with Crippen LogP contribution in [0.25, 0.3) is 0 Å². The Bertz CT molecular complexity index is 1170. The van der Waals surface area contributed by atoms with E-state index in [1.165, 1.54) is 13.0 Å². The maximum atomic E-state index is 13.3. The first-order valence-electron chi connectivity index (χ1n) is 12.8. The highest BCUT2D eigenvalue weighted by atomic mass is 16.7. The third-order valence-electron chi connectivity index (χ3n) is 10.5. The zero-order chi connectivity index (χ0) is 25.9. The maximum Gasteiger partial charge on any atom is 0.339 e. The van der Waals surface area contributed by atoms with E-state index in [1.807, 2.05) is 26.0 Å². The van der Waals surface area contributed by atoms with Crippen LogP contribution in [0.5, 0.6) is 0 Å². The number of hydrogen-bond acceptors (Lipinski definition) is 8. The van der Waals surface area contributed by atoms with E-state index in [9.17, 15) is 14.4 Å². The van der Waals surface area contributed by atoms with Gasteiger partial charge >= 0.3 is 17.9 Å². The molecule has 3 aliphatic heterocycles. The SMILES string of the molecule is CC(=O)O[C@@H]1C[C@H]2C(C)(C)OC(=O)C=C[C@]2(C)[C@H]2CC[C@@]3(C)[C@H](c4ccoc4)OC(=O)[C@H]4O[C@]43[C@@]21C. The number of hydrogen-bond donors (Lipinski definition) is 0. The molecule has 2 saturated heterocycles. The summed E-state index contributed by atoms with van der Waals surface area (Å²) in [5.74, 6) is -1.31. The number of carbonyl (C=O) groups is 3. The average Bonchev–Trinajstić information content (AvgIpc) is 3.38. The molecule has 36 heavy (non-hydrogen) atoms. The molecule has 9 atom stereocenters. The van der Waals surface area contributed by atoms with Crippen molar-refractivity contribution in [1.82, 2.24) is 0 Å². The van der Waals surface area contributed by atoms with Gasteiger partial charge in [-0.1, -0.05) is 26.8 Å². The number of rotatable bonds is 2. The number of esters is 3. The minimum atomic E-state index is -0.899. The molecule has 5 aliphatic rings. The van der Waals surface area contributed by atoms with Crippen molar-refractivity contribution in [2.24, 2.45) is 28.1 Å². The van der Waals surface area contributed by atoms with Crippen LogP contribution in [0.4, 0.5) is 0 Å². The van der Waals surface area contributed by atoms with Crippen LogP contribution in [-0.2, 0) is 33.3 Å². The maximum absolute atomic E-state index is 13.3. The van der Waals surface area contributed by atoms with Gasteiger partial charge < -0.3 is 23.4 Å². The second kappa shape index (κ2) is 7.03. The fourth-order valence-electron chi connectivity index (χ4n) is 9.13. The third kappa shape index (κ3) is 2.66. The predicted molar refractivity (Wildman–Crippen MR) is 125 cm³/mol. The lowest BCUT2D eigenvalue weighted by Gasteiger charge is -2.67. The molecule has 0 bridgehead atoms. The van der Waals surface area contributed by atoms with Crippen molar-refractivity contribution < 1.29 is 37.7 Å². The molecule has 0 radical (unpaired) electrons. The number of fused-ring (bicyclic) bond motifs is 3. The van der Waals surface area contributed by atoms with Crippen LogP contribution in [0.2, 0.25) is 0 Å². The van der Waals surface area contributed by atoms with Crippen LogP contribution in [0.1, 0.15) is 72.5 Å². The molecule has 0 unspecified atom stereocenters. The van der Waals surface area contributed by atoms with Gasteiger partial charge in [0, 0.05) is 35.3 Å². The molecular weight excluding hydrogens is 464 g/mol. The van der Waals surface area contributed by atoms with Gasteiger partial charge in [-0.2, -0.15) is 0 Å². The second-order valence-corrected chi connectivity index (χ2v) is 12.5. The molecule has 4 fully saturated rings. The highest BCUT2D eigenvalue weighted by Gasteiger charge is 2.88. The fraction of sp³-hybridized carbons (Fsp3) is 0.679. The van der Waals surface area contributed by atoms with Crippen molar-refractivity contribution in [2.45, 2.75) is 90.3 Å². The quantitative estimate of drug-likeness (QED) is 0.338. The van der Waals surface area contributed by atoms with Crippen molar-refractivity contribution in [1.29, 1.82) is 0 Å². The first kappa shape index (κ1) is 23.8. The lowest BCUT2D eigenvalue weighted by atomic mass is 9.37. The van der Waals surface area contributed by atoms with Gasteiger partial charge in [-0.15, -0.1) is 0 Å². The number of ether oxygens (including phenoxy) is 4. The summed E-state index contributed by atoms with van der Waals surface area (Å²) >= 11 is 0. The molecule has 1 spiro atoms. The molecule has 2 aliphatic carbocycles. The normalized spacial score (nSPS) is 48.2. The van der Waals surface area contributed by atoms with Gasteiger partial charge in [-0.25, -0.2) is 9.59 Å². The van der Waals surface area contributed by atoms with Crippen molar-refractivity contribution in [3.8, 4) is 0 Å². The highest BCUT2D eigenvalue weighted by Crippen LogP contribution is 2.79. The van der Waals surface area contributed by atoms with E-state index in [0.717, 1.165) is 18.4 Å². The number of allylic oxidation sites excluding steroid dienone is 1. The Morgan fingerprint density at radius 3 is 2.50 bits per heavy atom. The Morgan fingerprint density at radius 2 is 1.83 bits per heavy atom. The zero-order valence-electron chi connectivity index (χ0n) is 21.7. The van der Waals surface area contributed by atoms with E-state index >= 15 is 0 Å². The van der Waals surface area contributed by atoms with Gasteiger partial charge in [0.1, 0.15) is 23.4 Å². The van der Waals surface area contributed by atoms with Gasteiger partial charge in [0.15, 0.2) is 6.10 Å². The van der Waals surface area contributed by atoms with E-state index in [1.54, 1.807) is 12.5 Å². The molecule has 194 valence electrons. The number of furan rings is 1. The lowest BCUT2D eigenvalue weighted by molar-refractivity contribution is -0.257. The molecule has 0 amide bonds. The standard InChI is InChI=1S/C28H34O8/c1-15(29)33-19-13-18-24(2,3)35-20(30)8-10-25(18,4)17-7-11-26(5)21(16-9-12-32-14-16)34-23(31)22-28(26,36-22)27(17,19)6/h8-10,12,14,17-19,21-22H,7,11,13H2,1-6H3/t17-,18+,19-,21+,22-,25-,26+,27+,28-/m1/s1. The smallest absolute Gasteiger partial charge is 0.339 e. The molecule has 4 heterocycles. The molecule has 8 heteroatoms. The molecule has 0 aromatic carbocycles. The summed E-state index contributed by atoms with van der Waals surface area (Å²) < 4.78 is 29.8. The van der Waals surface area contributed by atoms with Crippen molar-refractivity contribution in [2.75, 3.05) is 0 Å². The Kier molecular flexibility index (Phi) is 4.64. The topological polar surface area (TPSA) is 105 Å². The van der Waals surface area contributed by atoms with Crippen LogP contribution < -0.4 is 0 Å². The van der Waals surface area contributed by atoms with Gasteiger partial charge in [-0.05, 0) is 50.5 Å². The van der Waals surface area contributed by atoms with Crippen LogP contribution in [0, 0.1) is 28.1 Å². The Labute approximate surface area is 210 Å².